The van der Waals surface area contributed by atoms with E-state index in [-0.39, 0.29) is 12.4 Å². The van der Waals surface area contributed by atoms with Gasteiger partial charge in [0.1, 0.15) is 5.70 Å². The number of hydrogen-bond acceptors (Lipinski definition) is 1. The van der Waals surface area contributed by atoms with Gasteiger partial charge in [-0.2, -0.15) is 0 Å². The maximum Gasteiger partial charge on any atom is 0.166 e. The summed E-state index contributed by atoms with van der Waals surface area (Å²) in [6.45, 7) is 6.41. The van der Waals surface area contributed by atoms with Gasteiger partial charge < -0.3 is 10.0 Å². The third-order valence-electron chi connectivity index (χ3n) is 4.28. The Morgan fingerprint density at radius 2 is 1.76 bits per heavy atom. The van der Waals surface area contributed by atoms with Crippen LogP contribution in [0, 0.1) is 5.92 Å². The van der Waals surface area contributed by atoms with E-state index in [9.17, 15) is 5.11 Å². The van der Waals surface area contributed by atoms with Gasteiger partial charge in [-0.05, 0) is 12.1 Å². The van der Waals surface area contributed by atoms with E-state index in [0.29, 0.717) is 5.92 Å². The Labute approximate surface area is 108 Å². The smallest absolute Gasteiger partial charge is 0.166 e. The lowest BCUT2D eigenvalue weighted by Crippen LogP contribution is -3.15. The van der Waals surface area contributed by atoms with Gasteiger partial charge in [-0.25, -0.2) is 0 Å². The van der Waals surface area contributed by atoms with Crippen molar-refractivity contribution in [3.05, 3.63) is 48.2 Å². The maximum atomic E-state index is 11.0. The normalized spacial score (nSPS) is 35.5. The molecule has 3 saturated heterocycles. The van der Waals surface area contributed by atoms with E-state index in [0.717, 1.165) is 37.2 Å². The first-order valence-electron chi connectivity index (χ1n) is 6.05. The van der Waals surface area contributed by atoms with Crippen molar-refractivity contribution in [3.8, 4) is 0 Å². The second kappa shape index (κ2) is 4.45. The first kappa shape index (κ1) is 12.6. The molecule has 1 unspecified atom stereocenters. The van der Waals surface area contributed by atoms with Crippen LogP contribution in [-0.4, -0.2) is 18.2 Å². The maximum absolute atomic E-state index is 11.0. The molecule has 0 spiro atoms. The standard InChI is InChI=1S/C14H17NO.ClH/c1-11-14(16,12-5-3-2-4-6-12)13-7-9-15(11)10-8-13;/h2-6,13,16H,1,7-10H2;1H/p+1. The Hall–Kier alpha value is -0.830. The van der Waals surface area contributed by atoms with Gasteiger partial charge in [0.05, 0.1) is 13.1 Å². The van der Waals surface area contributed by atoms with Crippen LogP contribution < -0.4 is 4.90 Å². The fourth-order valence-electron chi connectivity index (χ4n) is 3.30. The Balaban J connectivity index is 0.00000108. The molecule has 2 bridgehead atoms. The largest absolute Gasteiger partial charge is 0.375 e. The average molecular weight is 253 g/mol. The van der Waals surface area contributed by atoms with Crippen molar-refractivity contribution < 1.29 is 10.0 Å². The van der Waals surface area contributed by atoms with E-state index in [1.807, 2.05) is 30.3 Å². The molecular weight excluding hydrogens is 234 g/mol. The average Bonchev–Trinajstić information content (AvgIpc) is 2.37. The van der Waals surface area contributed by atoms with Crippen LogP contribution in [0.4, 0.5) is 0 Å². The molecule has 0 aliphatic carbocycles. The van der Waals surface area contributed by atoms with Crippen LogP contribution in [0.5, 0.6) is 0 Å². The highest BCUT2D eigenvalue weighted by Gasteiger charge is 2.53. The second-order valence-electron chi connectivity index (χ2n) is 4.99. The molecule has 0 saturated carbocycles. The van der Waals surface area contributed by atoms with Crippen LogP contribution in [0.1, 0.15) is 18.4 Å². The Kier molecular flexibility index (Phi) is 3.30. The summed E-state index contributed by atoms with van der Waals surface area (Å²) in [7, 11) is 0. The van der Waals surface area contributed by atoms with Gasteiger partial charge in [0.2, 0.25) is 0 Å². The molecule has 3 heteroatoms. The van der Waals surface area contributed by atoms with Crippen LogP contribution in [0.25, 0.3) is 0 Å². The highest BCUT2D eigenvalue weighted by molar-refractivity contribution is 5.85. The predicted octanol–water partition coefficient (Wildman–Crippen LogP) is 1.12. The SMILES string of the molecule is C=C1[NH+]2CCC(CC2)C1(O)c1ccccc1.Cl. The predicted molar refractivity (Wildman–Crippen MR) is 70.1 cm³/mol. The lowest BCUT2D eigenvalue weighted by atomic mass is 9.70. The molecule has 1 atom stereocenters. The van der Waals surface area contributed by atoms with Crippen molar-refractivity contribution in [2.75, 3.05) is 13.1 Å². The number of hydrogen-bond donors (Lipinski definition) is 2. The molecule has 3 heterocycles. The Morgan fingerprint density at radius 1 is 1.18 bits per heavy atom. The van der Waals surface area contributed by atoms with Crippen molar-refractivity contribution in [3.63, 3.8) is 0 Å². The highest BCUT2D eigenvalue weighted by atomic mass is 35.5. The van der Waals surface area contributed by atoms with E-state index in [1.54, 1.807) is 0 Å². The molecule has 2 nitrogen and oxygen atoms in total. The van der Waals surface area contributed by atoms with Gasteiger partial charge in [0, 0.05) is 18.8 Å². The molecule has 0 radical (unpaired) electrons. The molecule has 3 aliphatic rings. The molecule has 1 aromatic carbocycles. The zero-order chi connectivity index (χ0) is 11.2. The Morgan fingerprint density at radius 3 is 2.29 bits per heavy atom. The van der Waals surface area contributed by atoms with Crippen LogP contribution in [0.15, 0.2) is 42.6 Å². The summed E-state index contributed by atoms with van der Waals surface area (Å²) in [6, 6.07) is 10.0. The molecule has 1 aromatic rings. The minimum absolute atomic E-state index is 0. The van der Waals surface area contributed by atoms with E-state index in [1.165, 1.54) is 4.90 Å². The van der Waals surface area contributed by atoms with Crippen molar-refractivity contribution >= 4 is 12.4 Å². The zero-order valence-corrected chi connectivity index (χ0v) is 10.7. The molecule has 3 aliphatic heterocycles. The van der Waals surface area contributed by atoms with Crippen molar-refractivity contribution in [2.45, 2.75) is 18.4 Å². The van der Waals surface area contributed by atoms with Gasteiger partial charge in [0.25, 0.3) is 0 Å². The lowest BCUT2D eigenvalue weighted by molar-refractivity contribution is -0.886. The molecular formula is C14H19ClNO+. The quantitative estimate of drug-likeness (QED) is 0.769. The lowest BCUT2D eigenvalue weighted by Gasteiger charge is -2.48. The minimum Gasteiger partial charge on any atom is -0.375 e. The number of benzene rings is 1. The molecule has 0 aromatic heterocycles. The number of aliphatic hydroxyl groups is 1. The number of halogens is 1. The first-order chi connectivity index (χ1) is 7.73. The molecule has 92 valence electrons. The highest BCUT2D eigenvalue weighted by Crippen LogP contribution is 2.41. The minimum atomic E-state index is -0.785. The molecule has 4 rings (SSSR count). The van der Waals surface area contributed by atoms with Gasteiger partial charge in [-0.3, -0.25) is 0 Å². The Bertz CT molecular complexity index is 411. The van der Waals surface area contributed by atoms with Gasteiger partial charge in [-0.1, -0.05) is 30.3 Å². The molecule has 17 heavy (non-hydrogen) atoms. The summed E-state index contributed by atoms with van der Waals surface area (Å²) in [5.41, 5.74) is 1.20. The number of nitrogens with one attached hydrogen (secondary N) is 1. The zero-order valence-electron chi connectivity index (χ0n) is 9.86. The number of rotatable bonds is 1. The van der Waals surface area contributed by atoms with Crippen molar-refractivity contribution in [1.82, 2.24) is 0 Å². The summed E-state index contributed by atoms with van der Waals surface area (Å²) in [6.07, 6.45) is 2.22. The number of fused-ring (bicyclic) bond motifs is 3. The molecule has 0 amide bonds. The van der Waals surface area contributed by atoms with Crippen molar-refractivity contribution in [1.29, 1.82) is 0 Å². The monoisotopic (exact) mass is 252 g/mol. The summed E-state index contributed by atoms with van der Waals surface area (Å²) in [5.74, 6) is 0.361. The third kappa shape index (κ3) is 1.71. The fourth-order valence-corrected chi connectivity index (χ4v) is 3.30. The number of quaternary nitrogens is 1. The van der Waals surface area contributed by atoms with Gasteiger partial charge in [0.15, 0.2) is 5.60 Å². The number of piperidine rings is 3. The van der Waals surface area contributed by atoms with Crippen LogP contribution in [0.2, 0.25) is 0 Å². The molecule has 2 N–H and O–H groups in total. The van der Waals surface area contributed by atoms with E-state index in [2.05, 4.69) is 6.58 Å². The van der Waals surface area contributed by atoms with E-state index < -0.39 is 5.60 Å². The fraction of sp³-hybridized carbons (Fsp3) is 0.429. The van der Waals surface area contributed by atoms with Gasteiger partial charge in [-0.15, -0.1) is 12.4 Å². The van der Waals surface area contributed by atoms with E-state index >= 15 is 0 Å². The first-order valence-corrected chi connectivity index (χ1v) is 6.05. The summed E-state index contributed by atoms with van der Waals surface area (Å²) < 4.78 is 0. The summed E-state index contributed by atoms with van der Waals surface area (Å²) in [5, 5.41) is 11.0. The summed E-state index contributed by atoms with van der Waals surface area (Å²) >= 11 is 0. The van der Waals surface area contributed by atoms with Crippen LogP contribution in [0.3, 0.4) is 0 Å². The third-order valence-corrected chi connectivity index (χ3v) is 4.28. The topological polar surface area (TPSA) is 24.7 Å². The van der Waals surface area contributed by atoms with Crippen molar-refractivity contribution in [2.24, 2.45) is 5.92 Å². The second-order valence-corrected chi connectivity index (χ2v) is 4.99. The van der Waals surface area contributed by atoms with Crippen LogP contribution >= 0.6 is 12.4 Å². The van der Waals surface area contributed by atoms with E-state index in [4.69, 9.17) is 0 Å². The summed E-state index contributed by atoms with van der Waals surface area (Å²) in [4.78, 5) is 1.38. The molecule has 3 fully saturated rings. The van der Waals surface area contributed by atoms with Crippen LogP contribution in [-0.2, 0) is 5.60 Å². The van der Waals surface area contributed by atoms with Gasteiger partial charge >= 0.3 is 0 Å².